The highest BCUT2D eigenvalue weighted by molar-refractivity contribution is 7.85. The van der Waals surface area contributed by atoms with E-state index in [4.69, 9.17) is 9.29 Å². The number of hydrogen-bond donors (Lipinski definition) is 1. The molecule has 1 N–H and O–H groups in total. The number of fused-ring (bicyclic) bond motifs is 1. The summed E-state index contributed by atoms with van der Waals surface area (Å²) in [6.45, 7) is 2.64. The molecular formula is C17H30NO4S+. The van der Waals surface area contributed by atoms with Gasteiger partial charge < -0.3 is 4.74 Å². The van der Waals surface area contributed by atoms with Crippen LogP contribution in [0, 0.1) is 11.8 Å². The number of rotatable bonds is 5. The predicted octanol–water partition coefficient (Wildman–Crippen LogP) is 2.84. The van der Waals surface area contributed by atoms with E-state index in [1.54, 1.807) is 0 Å². The second-order valence-corrected chi connectivity index (χ2v) is 9.12. The highest BCUT2D eigenvalue weighted by Gasteiger charge is 2.47. The second kappa shape index (κ2) is 7.09. The van der Waals surface area contributed by atoms with E-state index in [1.807, 2.05) is 6.92 Å². The average molecular weight is 344 g/mol. The molecule has 3 atom stereocenters. The quantitative estimate of drug-likeness (QED) is 0.615. The molecule has 0 aromatic carbocycles. The van der Waals surface area contributed by atoms with Crippen molar-refractivity contribution in [3.63, 3.8) is 0 Å². The van der Waals surface area contributed by atoms with Gasteiger partial charge in [0.15, 0.2) is 12.1 Å². The Hall–Kier alpha value is -0.620. The summed E-state index contributed by atoms with van der Waals surface area (Å²) in [6.07, 6.45) is 11.2. The van der Waals surface area contributed by atoms with Crippen LogP contribution >= 0.6 is 0 Å². The Morgan fingerprint density at radius 2 is 1.87 bits per heavy atom. The van der Waals surface area contributed by atoms with Gasteiger partial charge in [0.05, 0.1) is 12.7 Å². The van der Waals surface area contributed by atoms with Crippen LogP contribution < -0.4 is 0 Å². The smallest absolute Gasteiger partial charge is 0.333 e. The molecule has 3 unspecified atom stereocenters. The maximum atomic E-state index is 10.9. The first-order valence-corrected chi connectivity index (χ1v) is 10.8. The van der Waals surface area contributed by atoms with E-state index in [0.29, 0.717) is 19.0 Å². The second-order valence-electron chi connectivity index (χ2n) is 7.55. The van der Waals surface area contributed by atoms with Crippen LogP contribution in [0.2, 0.25) is 0 Å². The Labute approximate surface area is 139 Å². The van der Waals surface area contributed by atoms with Crippen LogP contribution in [0.1, 0.15) is 64.7 Å². The molecule has 0 aromatic heterocycles. The third-order valence-electron chi connectivity index (χ3n) is 6.04. The van der Waals surface area contributed by atoms with Gasteiger partial charge in [-0.25, -0.2) is 0 Å². The zero-order valence-corrected chi connectivity index (χ0v) is 14.9. The zero-order valence-electron chi connectivity index (χ0n) is 14.1. The van der Waals surface area contributed by atoms with Crippen LogP contribution in [0.15, 0.2) is 0 Å². The van der Waals surface area contributed by atoms with E-state index < -0.39 is 10.1 Å². The summed E-state index contributed by atoms with van der Waals surface area (Å²) in [5.41, 5.74) is 0. The molecule has 2 fully saturated rings. The maximum absolute atomic E-state index is 10.9. The molecule has 2 aliphatic carbocycles. The van der Waals surface area contributed by atoms with Crippen LogP contribution in [0.4, 0.5) is 0 Å². The van der Waals surface area contributed by atoms with Crippen molar-refractivity contribution in [3.8, 4) is 0 Å². The molecule has 3 aliphatic rings. The highest BCUT2D eigenvalue weighted by Crippen LogP contribution is 2.41. The lowest BCUT2D eigenvalue weighted by atomic mass is 9.71. The summed E-state index contributed by atoms with van der Waals surface area (Å²) < 4.78 is 39.1. The van der Waals surface area contributed by atoms with Crippen molar-refractivity contribution in [2.45, 2.75) is 76.9 Å². The van der Waals surface area contributed by atoms with Crippen molar-refractivity contribution in [2.24, 2.45) is 11.8 Å². The summed E-state index contributed by atoms with van der Waals surface area (Å²) in [6, 6.07) is 0.400. The van der Waals surface area contributed by atoms with E-state index in [0.717, 1.165) is 24.2 Å². The van der Waals surface area contributed by atoms with Crippen molar-refractivity contribution in [1.82, 2.24) is 0 Å². The number of nitrogens with zero attached hydrogens (tertiary/aromatic N) is 1. The predicted molar refractivity (Wildman–Crippen MR) is 89.4 cm³/mol. The lowest BCUT2D eigenvalue weighted by Gasteiger charge is -2.35. The minimum atomic E-state index is -3.87. The fraction of sp³-hybridized carbons (Fsp3) is 0.941. The third-order valence-corrected chi connectivity index (χ3v) is 6.84. The van der Waals surface area contributed by atoms with Crippen molar-refractivity contribution < 1.29 is 22.3 Å². The Bertz CT molecular complexity index is 551. The first kappa shape index (κ1) is 17.2. The number of hydrogen-bond acceptors (Lipinski definition) is 3. The molecule has 3 rings (SSSR count). The Balaban J connectivity index is 1.60. The summed E-state index contributed by atoms with van der Waals surface area (Å²) in [5, 5.41) is 0. The standard InChI is InChI=1S/C17H29NO4S/c1-13-18(10-5-11-23(19,20)21)16-12-15(8-9-17(16)22-13)14-6-3-2-4-7-14/h14-17H,2-12H2,1H3/p+1. The van der Waals surface area contributed by atoms with Crippen molar-refractivity contribution in [1.29, 1.82) is 0 Å². The lowest BCUT2D eigenvalue weighted by molar-refractivity contribution is -0.564. The zero-order chi connectivity index (χ0) is 16.4. The number of ether oxygens (including phenoxy) is 1. The van der Waals surface area contributed by atoms with Crippen molar-refractivity contribution in [3.05, 3.63) is 0 Å². The van der Waals surface area contributed by atoms with Crippen LogP contribution in [-0.2, 0) is 14.9 Å². The molecule has 1 aliphatic heterocycles. The van der Waals surface area contributed by atoms with Gasteiger partial charge in [-0.05, 0) is 24.7 Å². The molecule has 0 amide bonds. The normalized spacial score (nSPS) is 32.7. The van der Waals surface area contributed by atoms with Gasteiger partial charge in [-0.15, -0.1) is 0 Å². The maximum Gasteiger partial charge on any atom is 0.333 e. The van der Waals surface area contributed by atoms with Gasteiger partial charge in [0, 0.05) is 12.8 Å². The summed E-state index contributed by atoms with van der Waals surface area (Å²) in [7, 11) is -3.87. The van der Waals surface area contributed by atoms with Gasteiger partial charge in [-0.3, -0.25) is 4.55 Å². The summed E-state index contributed by atoms with van der Waals surface area (Å²) in [4.78, 5) is 0. The molecule has 6 heteroatoms. The van der Waals surface area contributed by atoms with Crippen LogP contribution in [-0.4, -0.2) is 47.9 Å². The van der Waals surface area contributed by atoms with E-state index in [2.05, 4.69) is 4.58 Å². The fourth-order valence-electron chi connectivity index (χ4n) is 4.91. The topological polar surface area (TPSA) is 66.6 Å². The minimum absolute atomic E-state index is 0.166. The van der Waals surface area contributed by atoms with Gasteiger partial charge in [-0.1, -0.05) is 32.1 Å². The average Bonchev–Trinajstić information content (AvgIpc) is 2.82. The Morgan fingerprint density at radius 3 is 2.57 bits per heavy atom. The summed E-state index contributed by atoms with van der Waals surface area (Å²) in [5.74, 6) is 2.44. The summed E-state index contributed by atoms with van der Waals surface area (Å²) >= 11 is 0. The monoisotopic (exact) mass is 344 g/mol. The van der Waals surface area contributed by atoms with Crippen LogP contribution in [0.5, 0.6) is 0 Å². The lowest BCUT2D eigenvalue weighted by Crippen LogP contribution is -2.40. The highest BCUT2D eigenvalue weighted by atomic mass is 32.2. The van der Waals surface area contributed by atoms with Gasteiger partial charge in [-0.2, -0.15) is 13.0 Å². The largest absolute Gasteiger partial charge is 0.438 e. The third kappa shape index (κ3) is 4.27. The van der Waals surface area contributed by atoms with E-state index >= 15 is 0 Å². The molecule has 2 saturated carbocycles. The van der Waals surface area contributed by atoms with E-state index in [-0.39, 0.29) is 11.9 Å². The Kier molecular flexibility index (Phi) is 5.31. The molecule has 0 bridgehead atoms. The van der Waals surface area contributed by atoms with Crippen LogP contribution in [0.25, 0.3) is 0 Å². The molecular weight excluding hydrogens is 314 g/mol. The van der Waals surface area contributed by atoms with Gasteiger partial charge in [0.1, 0.15) is 6.54 Å². The molecule has 23 heavy (non-hydrogen) atoms. The molecule has 1 heterocycles. The van der Waals surface area contributed by atoms with Crippen LogP contribution in [0.3, 0.4) is 0 Å². The SMILES string of the molecule is CC1=[N+](CCCS(=O)(=O)O)C2CC(C3CCCCC3)CCC2O1. The first-order valence-electron chi connectivity index (χ1n) is 9.16. The van der Waals surface area contributed by atoms with E-state index in [1.165, 1.54) is 44.9 Å². The molecule has 5 nitrogen and oxygen atoms in total. The van der Waals surface area contributed by atoms with Gasteiger partial charge in [0.25, 0.3) is 10.1 Å². The van der Waals surface area contributed by atoms with Crippen molar-refractivity contribution >= 4 is 16.0 Å². The van der Waals surface area contributed by atoms with E-state index in [9.17, 15) is 8.42 Å². The molecule has 0 saturated heterocycles. The molecule has 0 radical (unpaired) electrons. The van der Waals surface area contributed by atoms with Gasteiger partial charge >= 0.3 is 5.90 Å². The Morgan fingerprint density at radius 1 is 1.13 bits per heavy atom. The van der Waals surface area contributed by atoms with Crippen molar-refractivity contribution in [2.75, 3.05) is 12.3 Å². The van der Waals surface area contributed by atoms with Gasteiger partial charge in [0.2, 0.25) is 0 Å². The molecule has 0 aromatic rings. The molecule has 132 valence electrons. The fourth-order valence-corrected chi connectivity index (χ4v) is 5.40. The minimum Gasteiger partial charge on any atom is -0.438 e. The molecule has 0 spiro atoms. The first-order chi connectivity index (χ1) is 10.9.